The fourth-order valence-electron chi connectivity index (χ4n) is 2.05. The van der Waals surface area contributed by atoms with E-state index in [9.17, 15) is 0 Å². The monoisotopic (exact) mass is 294 g/mol. The molecule has 0 N–H and O–H groups in total. The van der Waals surface area contributed by atoms with Crippen LogP contribution in [0.1, 0.15) is 25.7 Å². The molecule has 1 heterocycles. The third-order valence-electron chi connectivity index (χ3n) is 2.83. The van der Waals surface area contributed by atoms with Crippen molar-refractivity contribution in [2.75, 3.05) is 17.6 Å². The van der Waals surface area contributed by atoms with E-state index in [1.54, 1.807) is 5.57 Å². The van der Waals surface area contributed by atoms with Crippen LogP contribution in [0.15, 0.2) is 11.6 Å². The van der Waals surface area contributed by atoms with Crippen LogP contribution in [-0.2, 0) is 9.47 Å². The first-order chi connectivity index (χ1) is 6.35. The Morgan fingerprint density at radius 1 is 1.23 bits per heavy atom. The number of alkyl halides is 1. The van der Waals surface area contributed by atoms with E-state index in [2.05, 4.69) is 28.7 Å². The van der Waals surface area contributed by atoms with Gasteiger partial charge in [-0.15, -0.1) is 0 Å². The summed E-state index contributed by atoms with van der Waals surface area (Å²) in [6, 6.07) is 0. The molecule has 1 saturated carbocycles. The molecule has 13 heavy (non-hydrogen) atoms. The van der Waals surface area contributed by atoms with Crippen molar-refractivity contribution in [2.24, 2.45) is 0 Å². The molecule has 1 spiro atoms. The van der Waals surface area contributed by atoms with Gasteiger partial charge in [-0.05, 0) is 12.8 Å². The molecule has 0 aromatic carbocycles. The van der Waals surface area contributed by atoms with E-state index >= 15 is 0 Å². The zero-order chi connectivity index (χ0) is 9.15. The van der Waals surface area contributed by atoms with Gasteiger partial charge in [-0.1, -0.05) is 34.2 Å². The Morgan fingerprint density at radius 3 is 2.38 bits per heavy atom. The Labute approximate surface area is 92.8 Å². The standard InChI is InChI=1S/C10H15IO2/c11-6-3-9-1-4-10(5-2-9)12-7-8-13-10/h3H,1-2,4-8H2. The van der Waals surface area contributed by atoms with Crippen LogP contribution in [0.4, 0.5) is 0 Å². The highest BCUT2D eigenvalue weighted by molar-refractivity contribution is 14.1. The first-order valence-corrected chi connectivity index (χ1v) is 6.39. The van der Waals surface area contributed by atoms with Crippen LogP contribution in [0.2, 0.25) is 0 Å². The minimum absolute atomic E-state index is 0.192. The van der Waals surface area contributed by atoms with Crippen molar-refractivity contribution >= 4 is 22.6 Å². The van der Waals surface area contributed by atoms with Gasteiger partial charge in [0, 0.05) is 17.3 Å². The van der Waals surface area contributed by atoms with E-state index in [4.69, 9.17) is 9.47 Å². The Balaban J connectivity index is 1.91. The van der Waals surface area contributed by atoms with Crippen molar-refractivity contribution in [3.63, 3.8) is 0 Å². The minimum atomic E-state index is -0.192. The van der Waals surface area contributed by atoms with E-state index in [0.29, 0.717) is 0 Å². The van der Waals surface area contributed by atoms with Crippen LogP contribution < -0.4 is 0 Å². The summed E-state index contributed by atoms with van der Waals surface area (Å²) in [7, 11) is 0. The topological polar surface area (TPSA) is 18.5 Å². The first kappa shape index (κ1) is 9.93. The smallest absolute Gasteiger partial charge is 0.169 e. The number of hydrogen-bond donors (Lipinski definition) is 0. The zero-order valence-corrected chi connectivity index (χ0v) is 9.88. The van der Waals surface area contributed by atoms with Gasteiger partial charge < -0.3 is 9.47 Å². The molecule has 2 fully saturated rings. The van der Waals surface area contributed by atoms with Crippen LogP contribution in [0, 0.1) is 0 Å². The molecule has 0 radical (unpaired) electrons. The maximum atomic E-state index is 5.66. The molecule has 74 valence electrons. The Hall–Kier alpha value is 0.390. The van der Waals surface area contributed by atoms with Gasteiger partial charge in [-0.2, -0.15) is 0 Å². The van der Waals surface area contributed by atoms with Gasteiger partial charge in [-0.25, -0.2) is 0 Å². The summed E-state index contributed by atoms with van der Waals surface area (Å²) in [6.07, 6.45) is 6.75. The number of rotatable bonds is 1. The Kier molecular flexibility index (Phi) is 3.26. The van der Waals surface area contributed by atoms with Crippen molar-refractivity contribution in [2.45, 2.75) is 31.5 Å². The van der Waals surface area contributed by atoms with Crippen molar-refractivity contribution in [1.82, 2.24) is 0 Å². The summed E-state index contributed by atoms with van der Waals surface area (Å²) in [4.78, 5) is 0. The van der Waals surface area contributed by atoms with E-state index in [-0.39, 0.29) is 5.79 Å². The molecule has 0 atom stereocenters. The molecule has 0 amide bonds. The first-order valence-electron chi connectivity index (χ1n) is 4.86. The average molecular weight is 294 g/mol. The third-order valence-corrected chi connectivity index (χ3v) is 3.27. The maximum Gasteiger partial charge on any atom is 0.169 e. The zero-order valence-electron chi connectivity index (χ0n) is 7.72. The molecule has 1 aliphatic heterocycles. The lowest BCUT2D eigenvalue weighted by Crippen LogP contribution is -2.33. The SMILES string of the molecule is ICC=C1CCC2(CC1)OCCO2. The normalized spacial score (nSPS) is 26.7. The molecule has 0 aromatic rings. The quantitative estimate of drug-likeness (QED) is 0.420. The summed E-state index contributed by atoms with van der Waals surface area (Å²) in [5.74, 6) is -0.192. The number of ether oxygens (including phenoxy) is 2. The molecule has 1 aliphatic carbocycles. The predicted octanol–water partition coefficient (Wildman–Crippen LogP) is 2.66. The highest BCUT2D eigenvalue weighted by Gasteiger charge is 2.38. The molecular formula is C10H15IO2. The average Bonchev–Trinajstić information content (AvgIpc) is 2.59. The van der Waals surface area contributed by atoms with Crippen LogP contribution in [-0.4, -0.2) is 23.4 Å². The maximum absolute atomic E-state index is 5.66. The number of halogens is 1. The fourth-order valence-corrected chi connectivity index (χ4v) is 2.67. The lowest BCUT2D eigenvalue weighted by atomic mass is 9.90. The van der Waals surface area contributed by atoms with Gasteiger partial charge in [0.05, 0.1) is 13.2 Å². The second-order valence-corrected chi connectivity index (χ2v) is 4.51. The summed E-state index contributed by atoms with van der Waals surface area (Å²) < 4.78 is 12.4. The van der Waals surface area contributed by atoms with Gasteiger partial charge in [0.25, 0.3) is 0 Å². The van der Waals surface area contributed by atoms with Crippen LogP contribution in [0.5, 0.6) is 0 Å². The Bertz CT molecular complexity index is 195. The molecule has 2 rings (SSSR count). The molecule has 0 bridgehead atoms. The molecule has 1 saturated heterocycles. The fraction of sp³-hybridized carbons (Fsp3) is 0.800. The molecule has 3 heteroatoms. The second kappa shape index (κ2) is 4.28. The van der Waals surface area contributed by atoms with Gasteiger partial charge in [0.1, 0.15) is 0 Å². The van der Waals surface area contributed by atoms with Crippen molar-refractivity contribution in [3.05, 3.63) is 11.6 Å². The van der Waals surface area contributed by atoms with E-state index in [0.717, 1.165) is 43.3 Å². The highest BCUT2D eigenvalue weighted by Crippen LogP contribution is 2.37. The van der Waals surface area contributed by atoms with Gasteiger partial charge in [0.2, 0.25) is 0 Å². The molecule has 0 unspecified atom stereocenters. The van der Waals surface area contributed by atoms with Crippen LogP contribution in [0.25, 0.3) is 0 Å². The van der Waals surface area contributed by atoms with E-state index in [1.165, 1.54) is 0 Å². The summed E-state index contributed by atoms with van der Waals surface area (Å²) in [6.45, 7) is 1.57. The lowest BCUT2D eigenvalue weighted by Gasteiger charge is -2.32. The molecular weight excluding hydrogens is 279 g/mol. The highest BCUT2D eigenvalue weighted by atomic mass is 127. The largest absolute Gasteiger partial charge is 0.348 e. The summed E-state index contributed by atoms with van der Waals surface area (Å²) in [5, 5.41) is 0. The molecule has 2 nitrogen and oxygen atoms in total. The van der Waals surface area contributed by atoms with Gasteiger partial charge >= 0.3 is 0 Å². The second-order valence-electron chi connectivity index (χ2n) is 3.62. The summed E-state index contributed by atoms with van der Waals surface area (Å²) >= 11 is 2.39. The summed E-state index contributed by atoms with van der Waals surface area (Å²) in [5.41, 5.74) is 1.58. The lowest BCUT2D eigenvalue weighted by molar-refractivity contribution is -0.171. The number of hydrogen-bond acceptors (Lipinski definition) is 2. The molecule has 2 aliphatic rings. The van der Waals surface area contributed by atoms with E-state index < -0.39 is 0 Å². The minimum Gasteiger partial charge on any atom is -0.348 e. The van der Waals surface area contributed by atoms with Crippen LogP contribution in [0.3, 0.4) is 0 Å². The number of allylic oxidation sites excluding steroid dienone is 2. The third kappa shape index (κ3) is 2.25. The predicted molar refractivity (Wildman–Crippen MR) is 60.1 cm³/mol. The van der Waals surface area contributed by atoms with Gasteiger partial charge in [-0.3, -0.25) is 0 Å². The van der Waals surface area contributed by atoms with Crippen LogP contribution >= 0.6 is 22.6 Å². The van der Waals surface area contributed by atoms with Crippen molar-refractivity contribution < 1.29 is 9.47 Å². The van der Waals surface area contributed by atoms with E-state index in [1.807, 2.05) is 0 Å². The van der Waals surface area contributed by atoms with Crippen molar-refractivity contribution in [1.29, 1.82) is 0 Å². The molecule has 0 aromatic heterocycles. The Morgan fingerprint density at radius 2 is 1.85 bits per heavy atom. The van der Waals surface area contributed by atoms with Crippen molar-refractivity contribution in [3.8, 4) is 0 Å². The van der Waals surface area contributed by atoms with Gasteiger partial charge in [0.15, 0.2) is 5.79 Å².